The molecule has 0 spiro atoms. The van der Waals surface area contributed by atoms with Crippen molar-refractivity contribution in [3.63, 3.8) is 0 Å². The quantitative estimate of drug-likeness (QED) is 0.598. The first-order valence-corrected chi connectivity index (χ1v) is 4.92. The lowest BCUT2D eigenvalue weighted by Gasteiger charge is -2.24. The van der Waals surface area contributed by atoms with Gasteiger partial charge in [0.25, 0.3) is 0 Å². The van der Waals surface area contributed by atoms with Gasteiger partial charge < -0.3 is 19.7 Å². The molecule has 1 fully saturated rings. The Morgan fingerprint density at radius 3 is 2.56 bits per heavy atom. The van der Waals surface area contributed by atoms with E-state index >= 15 is 0 Å². The van der Waals surface area contributed by atoms with E-state index in [2.05, 4.69) is 9.47 Å². The van der Waals surface area contributed by atoms with E-state index in [0.717, 1.165) is 4.90 Å². The highest BCUT2D eigenvalue weighted by atomic mass is 16.6. The summed E-state index contributed by atoms with van der Waals surface area (Å²) >= 11 is 0. The Bertz CT molecular complexity index is 281. The summed E-state index contributed by atoms with van der Waals surface area (Å²) in [6, 6.07) is -1.01. The number of ether oxygens (including phenoxy) is 2. The third-order valence-electron chi connectivity index (χ3n) is 2.38. The first-order chi connectivity index (χ1) is 7.52. The van der Waals surface area contributed by atoms with E-state index < -0.39 is 30.4 Å². The number of carbonyl (C=O) groups is 2. The van der Waals surface area contributed by atoms with E-state index in [1.54, 1.807) is 6.92 Å². The molecule has 0 bridgehead atoms. The minimum absolute atomic E-state index is 0.0628. The molecule has 0 unspecified atom stereocenters. The van der Waals surface area contributed by atoms with Crippen molar-refractivity contribution in [2.24, 2.45) is 0 Å². The molecule has 1 aliphatic rings. The van der Waals surface area contributed by atoms with Crippen LogP contribution < -0.4 is 0 Å². The van der Waals surface area contributed by atoms with Crippen LogP contribution in [0.2, 0.25) is 0 Å². The van der Waals surface area contributed by atoms with Gasteiger partial charge in [-0.15, -0.1) is 0 Å². The van der Waals surface area contributed by atoms with Crippen molar-refractivity contribution >= 4 is 12.1 Å². The van der Waals surface area contributed by atoms with Gasteiger partial charge in [-0.1, -0.05) is 0 Å². The van der Waals surface area contributed by atoms with Gasteiger partial charge in [0, 0.05) is 6.42 Å². The molecule has 0 saturated carbocycles. The summed E-state index contributed by atoms with van der Waals surface area (Å²) in [5, 5.41) is 18.9. The maximum atomic E-state index is 11.5. The number of amides is 1. The van der Waals surface area contributed by atoms with Crippen molar-refractivity contribution in [1.29, 1.82) is 0 Å². The highest BCUT2D eigenvalue weighted by molar-refractivity contribution is 5.82. The molecule has 1 aliphatic heterocycles. The van der Waals surface area contributed by atoms with Crippen LogP contribution in [0.15, 0.2) is 0 Å². The van der Waals surface area contributed by atoms with Crippen molar-refractivity contribution in [3.05, 3.63) is 0 Å². The first kappa shape index (κ1) is 12.7. The molecule has 92 valence electrons. The minimum Gasteiger partial charge on any atom is -0.467 e. The maximum Gasteiger partial charge on any atom is 0.412 e. The van der Waals surface area contributed by atoms with Crippen molar-refractivity contribution in [3.8, 4) is 0 Å². The van der Waals surface area contributed by atoms with Crippen LogP contribution in [0.25, 0.3) is 0 Å². The third-order valence-corrected chi connectivity index (χ3v) is 2.38. The van der Waals surface area contributed by atoms with Crippen LogP contribution in [-0.2, 0) is 14.3 Å². The fraction of sp³-hybridized carbons (Fsp3) is 0.778. The van der Waals surface area contributed by atoms with E-state index in [0.29, 0.717) is 0 Å². The van der Waals surface area contributed by atoms with Gasteiger partial charge in [0.1, 0.15) is 12.1 Å². The van der Waals surface area contributed by atoms with Crippen molar-refractivity contribution in [1.82, 2.24) is 4.90 Å². The van der Waals surface area contributed by atoms with Gasteiger partial charge in [-0.05, 0) is 6.92 Å². The smallest absolute Gasteiger partial charge is 0.412 e. The zero-order valence-corrected chi connectivity index (χ0v) is 9.12. The molecule has 1 amide bonds. The molecule has 3 atom stereocenters. The molecule has 0 aromatic carbocycles. The summed E-state index contributed by atoms with van der Waals surface area (Å²) in [6.07, 6.45) is -3.52. The van der Waals surface area contributed by atoms with Crippen molar-refractivity contribution < 1.29 is 29.3 Å². The highest BCUT2D eigenvalue weighted by Gasteiger charge is 2.47. The molecule has 1 rings (SSSR count). The number of hydrogen-bond acceptors (Lipinski definition) is 6. The van der Waals surface area contributed by atoms with Crippen LogP contribution in [-0.4, -0.2) is 59.3 Å². The Hall–Kier alpha value is -1.34. The predicted molar refractivity (Wildman–Crippen MR) is 51.3 cm³/mol. The second kappa shape index (κ2) is 5.13. The molecular weight excluding hydrogens is 218 g/mol. The zero-order valence-electron chi connectivity index (χ0n) is 9.12. The van der Waals surface area contributed by atoms with Crippen LogP contribution in [0.1, 0.15) is 13.3 Å². The fourth-order valence-corrected chi connectivity index (χ4v) is 1.61. The number of carbonyl (C=O) groups excluding carboxylic acids is 2. The Morgan fingerprint density at radius 2 is 2.06 bits per heavy atom. The summed E-state index contributed by atoms with van der Waals surface area (Å²) < 4.78 is 9.16. The molecule has 0 aromatic rings. The number of rotatable bonds is 2. The second-order valence-corrected chi connectivity index (χ2v) is 3.36. The Balaban J connectivity index is 2.83. The van der Waals surface area contributed by atoms with Crippen LogP contribution in [0.3, 0.4) is 0 Å². The van der Waals surface area contributed by atoms with Gasteiger partial charge in [0.2, 0.25) is 0 Å². The molecule has 1 saturated heterocycles. The van der Waals surface area contributed by atoms with Crippen LogP contribution in [0.5, 0.6) is 0 Å². The first-order valence-electron chi connectivity index (χ1n) is 4.92. The third kappa shape index (κ3) is 2.25. The molecule has 0 aliphatic carbocycles. The number of hydrogen-bond donors (Lipinski definition) is 2. The van der Waals surface area contributed by atoms with Gasteiger partial charge in [-0.2, -0.15) is 0 Å². The highest BCUT2D eigenvalue weighted by Crippen LogP contribution is 2.24. The predicted octanol–water partition coefficient (Wildman–Crippen LogP) is -0.931. The average molecular weight is 233 g/mol. The molecule has 16 heavy (non-hydrogen) atoms. The number of nitrogens with zero attached hydrogens (tertiary/aromatic N) is 1. The number of aliphatic hydroxyl groups is 2. The van der Waals surface area contributed by atoms with Crippen molar-refractivity contribution in [2.75, 3.05) is 13.7 Å². The molecule has 7 nitrogen and oxygen atoms in total. The normalized spacial score (nSPS) is 29.0. The monoisotopic (exact) mass is 233 g/mol. The zero-order chi connectivity index (χ0) is 12.3. The van der Waals surface area contributed by atoms with Crippen LogP contribution >= 0.6 is 0 Å². The van der Waals surface area contributed by atoms with E-state index in [-0.39, 0.29) is 13.0 Å². The second-order valence-electron chi connectivity index (χ2n) is 3.36. The summed E-state index contributed by atoms with van der Waals surface area (Å²) in [6.45, 7) is 1.72. The number of esters is 1. The topological polar surface area (TPSA) is 96.3 Å². The average Bonchev–Trinajstić information content (AvgIpc) is 2.55. The number of aliphatic hydroxyl groups excluding tert-OH is 2. The molecule has 0 radical (unpaired) electrons. The van der Waals surface area contributed by atoms with Crippen LogP contribution in [0.4, 0.5) is 4.79 Å². The van der Waals surface area contributed by atoms with E-state index in [1.165, 1.54) is 7.11 Å². The lowest BCUT2D eigenvalue weighted by atomic mass is 10.2. The summed E-state index contributed by atoms with van der Waals surface area (Å²) in [5.41, 5.74) is 0. The van der Waals surface area contributed by atoms with Gasteiger partial charge in [0.05, 0.1) is 13.7 Å². The molecule has 1 heterocycles. The van der Waals surface area contributed by atoms with Crippen LogP contribution in [0, 0.1) is 0 Å². The maximum absolute atomic E-state index is 11.5. The lowest BCUT2D eigenvalue weighted by molar-refractivity contribution is -0.147. The van der Waals surface area contributed by atoms with E-state index in [9.17, 15) is 19.8 Å². The molecule has 2 N–H and O–H groups in total. The Labute approximate surface area is 92.6 Å². The minimum atomic E-state index is -1.44. The van der Waals surface area contributed by atoms with Crippen molar-refractivity contribution in [2.45, 2.75) is 31.7 Å². The molecular formula is C9H15NO6. The fourth-order valence-electron chi connectivity index (χ4n) is 1.61. The Morgan fingerprint density at radius 1 is 1.44 bits per heavy atom. The number of likely N-dealkylation sites (tertiary alicyclic amines) is 1. The summed E-state index contributed by atoms with van der Waals surface area (Å²) in [4.78, 5) is 23.6. The van der Waals surface area contributed by atoms with Gasteiger partial charge in [-0.3, -0.25) is 4.90 Å². The Kier molecular flexibility index (Phi) is 4.08. The molecule has 7 heteroatoms. The summed E-state index contributed by atoms with van der Waals surface area (Å²) in [5.74, 6) is -0.691. The standard InChI is InChI=1S/C9H15NO6/c1-3-16-9(14)10-5(8(13)15-2)4-6(11)7(10)12/h5-7,11-12H,3-4H2,1-2H3/t5-,6+,7+/m0/s1. The number of methoxy groups -OCH3 is 1. The van der Waals surface area contributed by atoms with Gasteiger partial charge in [-0.25, -0.2) is 9.59 Å². The van der Waals surface area contributed by atoms with Gasteiger partial charge in [0.15, 0.2) is 6.23 Å². The molecule has 0 aromatic heterocycles. The lowest BCUT2D eigenvalue weighted by Crippen LogP contribution is -2.46. The largest absolute Gasteiger partial charge is 0.467 e. The SMILES string of the molecule is CCOC(=O)N1[C@H](O)[C@H](O)C[C@H]1C(=O)OC. The van der Waals surface area contributed by atoms with E-state index in [4.69, 9.17) is 0 Å². The van der Waals surface area contributed by atoms with Gasteiger partial charge >= 0.3 is 12.1 Å². The summed E-state index contributed by atoms with van der Waals surface area (Å²) in [7, 11) is 1.17. The van der Waals surface area contributed by atoms with E-state index in [1.807, 2.05) is 0 Å².